The van der Waals surface area contributed by atoms with E-state index in [1.165, 1.54) is 6.07 Å². The molecule has 1 heterocycles. The molecule has 0 saturated heterocycles. The summed E-state index contributed by atoms with van der Waals surface area (Å²) in [5.74, 6) is -1.01. The minimum Gasteiger partial charge on any atom is -0.360 e. The van der Waals surface area contributed by atoms with E-state index in [1.807, 2.05) is 0 Å². The molecular weight excluding hydrogens is 267 g/mol. The first-order chi connectivity index (χ1) is 8.34. The molecule has 1 aromatic heterocycles. The zero-order valence-corrected chi connectivity index (χ0v) is 11.0. The summed E-state index contributed by atoms with van der Waals surface area (Å²) in [7, 11) is 1.69. The van der Waals surface area contributed by atoms with Crippen LogP contribution in [0.15, 0.2) is 6.07 Å². The van der Waals surface area contributed by atoms with E-state index >= 15 is 0 Å². The van der Waals surface area contributed by atoms with E-state index in [2.05, 4.69) is 16.9 Å². The number of hydrogen-bond acceptors (Lipinski definition) is 3. The molecule has 7 heteroatoms. The molecule has 0 fully saturated rings. The van der Waals surface area contributed by atoms with Gasteiger partial charge in [0.2, 0.25) is 5.82 Å². The number of anilines is 1. The lowest BCUT2D eigenvalue weighted by molar-refractivity contribution is -0.144. The lowest BCUT2D eigenvalue weighted by Crippen LogP contribution is -2.22. The van der Waals surface area contributed by atoms with Gasteiger partial charge in [-0.05, 0) is 6.42 Å². The smallest absolute Gasteiger partial charge is 0.360 e. The number of nitrogens with zero attached hydrogens (tertiary/aromatic N) is 3. The van der Waals surface area contributed by atoms with Crippen molar-refractivity contribution in [2.24, 2.45) is 0 Å². The van der Waals surface area contributed by atoms with Gasteiger partial charge >= 0.3 is 6.18 Å². The largest absolute Gasteiger partial charge is 0.451 e. The highest BCUT2D eigenvalue weighted by atomic mass is 35.5. The summed E-state index contributed by atoms with van der Waals surface area (Å²) >= 11 is 5.58. The standard InChI is InChI=1S/C11H15ClF3N3/c1-3-4-5-6-18(2)9-7-8(12)16-10(17-9)11(13,14)15/h7H,3-6H2,1-2H3. The van der Waals surface area contributed by atoms with Crippen molar-refractivity contribution < 1.29 is 13.2 Å². The lowest BCUT2D eigenvalue weighted by Gasteiger charge is -2.19. The maximum atomic E-state index is 12.5. The Morgan fingerprint density at radius 2 is 1.94 bits per heavy atom. The highest BCUT2D eigenvalue weighted by Crippen LogP contribution is 2.28. The van der Waals surface area contributed by atoms with E-state index in [0.29, 0.717) is 6.54 Å². The molecule has 0 saturated carbocycles. The van der Waals surface area contributed by atoms with Crippen LogP contribution in [0.5, 0.6) is 0 Å². The number of rotatable bonds is 5. The van der Waals surface area contributed by atoms with Gasteiger partial charge in [-0.2, -0.15) is 13.2 Å². The normalized spacial score (nSPS) is 11.7. The zero-order chi connectivity index (χ0) is 13.8. The van der Waals surface area contributed by atoms with Crippen LogP contribution in [0, 0.1) is 0 Å². The molecule has 102 valence electrons. The van der Waals surface area contributed by atoms with Crippen molar-refractivity contribution in [2.75, 3.05) is 18.5 Å². The fraction of sp³-hybridized carbons (Fsp3) is 0.636. The average Bonchev–Trinajstić information content (AvgIpc) is 2.27. The molecule has 0 atom stereocenters. The number of halogens is 4. The van der Waals surface area contributed by atoms with Crippen molar-refractivity contribution in [3.63, 3.8) is 0 Å². The molecule has 0 radical (unpaired) electrons. The van der Waals surface area contributed by atoms with Crippen LogP contribution in [-0.2, 0) is 6.18 Å². The molecule has 0 bridgehead atoms. The summed E-state index contributed by atoms with van der Waals surface area (Å²) in [6.07, 6.45) is -1.61. The summed E-state index contributed by atoms with van der Waals surface area (Å²) in [6, 6.07) is 1.34. The second-order valence-corrected chi connectivity index (χ2v) is 4.39. The van der Waals surface area contributed by atoms with Crippen LogP contribution in [0.3, 0.4) is 0 Å². The molecular formula is C11H15ClF3N3. The Morgan fingerprint density at radius 3 is 2.50 bits per heavy atom. The highest BCUT2D eigenvalue weighted by molar-refractivity contribution is 6.29. The summed E-state index contributed by atoms with van der Waals surface area (Å²) in [4.78, 5) is 8.33. The summed E-state index contributed by atoms with van der Waals surface area (Å²) < 4.78 is 37.5. The van der Waals surface area contributed by atoms with E-state index in [9.17, 15) is 13.2 Å². The molecule has 0 unspecified atom stereocenters. The Balaban J connectivity index is 2.85. The first-order valence-electron chi connectivity index (χ1n) is 5.67. The minimum atomic E-state index is -4.58. The van der Waals surface area contributed by atoms with Gasteiger partial charge in [0.1, 0.15) is 11.0 Å². The number of aromatic nitrogens is 2. The van der Waals surface area contributed by atoms with Crippen LogP contribution < -0.4 is 4.90 Å². The van der Waals surface area contributed by atoms with Gasteiger partial charge in [-0.15, -0.1) is 0 Å². The van der Waals surface area contributed by atoms with E-state index in [-0.39, 0.29) is 11.0 Å². The van der Waals surface area contributed by atoms with Gasteiger partial charge in [0.05, 0.1) is 0 Å². The van der Waals surface area contributed by atoms with Gasteiger partial charge < -0.3 is 4.90 Å². The third-order valence-corrected chi connectivity index (χ3v) is 2.62. The van der Waals surface area contributed by atoms with Crippen molar-refractivity contribution in [2.45, 2.75) is 32.4 Å². The maximum absolute atomic E-state index is 12.5. The van der Waals surface area contributed by atoms with Gasteiger partial charge in [-0.25, -0.2) is 9.97 Å². The molecule has 1 aromatic rings. The Hall–Kier alpha value is -1.04. The third-order valence-electron chi connectivity index (χ3n) is 2.42. The predicted molar refractivity (Wildman–Crippen MR) is 64.8 cm³/mol. The van der Waals surface area contributed by atoms with Crippen LogP contribution in [0.4, 0.5) is 19.0 Å². The maximum Gasteiger partial charge on any atom is 0.451 e. The first-order valence-corrected chi connectivity index (χ1v) is 6.05. The van der Waals surface area contributed by atoms with E-state index in [4.69, 9.17) is 11.6 Å². The summed E-state index contributed by atoms with van der Waals surface area (Å²) in [5, 5.41) is -0.199. The van der Waals surface area contributed by atoms with E-state index in [1.54, 1.807) is 11.9 Å². The van der Waals surface area contributed by atoms with Crippen LogP contribution in [-0.4, -0.2) is 23.6 Å². The van der Waals surface area contributed by atoms with Crippen molar-refractivity contribution in [1.82, 2.24) is 9.97 Å². The average molecular weight is 282 g/mol. The molecule has 0 aromatic carbocycles. The van der Waals surface area contributed by atoms with Crippen LogP contribution in [0.1, 0.15) is 32.0 Å². The molecule has 0 aliphatic rings. The van der Waals surface area contributed by atoms with Gasteiger partial charge in [-0.1, -0.05) is 31.4 Å². The van der Waals surface area contributed by atoms with Gasteiger partial charge in [0.25, 0.3) is 0 Å². The van der Waals surface area contributed by atoms with Crippen LogP contribution in [0.25, 0.3) is 0 Å². The van der Waals surface area contributed by atoms with Crippen molar-refractivity contribution in [1.29, 1.82) is 0 Å². The van der Waals surface area contributed by atoms with E-state index < -0.39 is 12.0 Å². The molecule has 0 aliphatic carbocycles. The van der Waals surface area contributed by atoms with Crippen molar-refractivity contribution >= 4 is 17.4 Å². The number of hydrogen-bond donors (Lipinski definition) is 0. The summed E-state index contributed by atoms with van der Waals surface area (Å²) in [6.45, 7) is 2.70. The Kier molecular flexibility index (Phi) is 5.19. The lowest BCUT2D eigenvalue weighted by atomic mass is 10.2. The molecule has 1 rings (SSSR count). The summed E-state index contributed by atoms with van der Waals surface area (Å²) in [5.41, 5.74) is 0. The molecule has 3 nitrogen and oxygen atoms in total. The Labute approximate surface area is 109 Å². The second-order valence-electron chi connectivity index (χ2n) is 4.00. The zero-order valence-electron chi connectivity index (χ0n) is 10.3. The van der Waals surface area contributed by atoms with Crippen molar-refractivity contribution in [3.05, 3.63) is 17.0 Å². The monoisotopic (exact) mass is 281 g/mol. The third kappa shape index (κ3) is 4.33. The first kappa shape index (κ1) is 15.0. The SMILES string of the molecule is CCCCCN(C)c1cc(Cl)nc(C(F)(F)F)n1. The van der Waals surface area contributed by atoms with E-state index in [0.717, 1.165) is 19.3 Å². The quantitative estimate of drug-likeness (QED) is 0.608. The molecule has 0 N–H and O–H groups in total. The van der Waals surface area contributed by atoms with Gasteiger partial charge in [-0.3, -0.25) is 0 Å². The second kappa shape index (κ2) is 6.22. The molecule has 0 spiro atoms. The van der Waals surface area contributed by atoms with Crippen molar-refractivity contribution in [3.8, 4) is 0 Å². The Morgan fingerprint density at radius 1 is 1.28 bits per heavy atom. The van der Waals surface area contributed by atoms with Gasteiger partial charge in [0, 0.05) is 19.7 Å². The number of unbranched alkanes of at least 4 members (excludes halogenated alkanes) is 2. The topological polar surface area (TPSA) is 29.0 Å². The Bertz CT molecular complexity index is 396. The van der Waals surface area contributed by atoms with Crippen LogP contribution >= 0.6 is 11.6 Å². The van der Waals surface area contributed by atoms with Crippen LogP contribution in [0.2, 0.25) is 5.15 Å². The highest BCUT2D eigenvalue weighted by Gasteiger charge is 2.35. The molecule has 0 aliphatic heterocycles. The molecule has 18 heavy (non-hydrogen) atoms. The fourth-order valence-electron chi connectivity index (χ4n) is 1.44. The fourth-order valence-corrected chi connectivity index (χ4v) is 1.62. The minimum absolute atomic E-state index is 0.193. The predicted octanol–water partition coefficient (Wildman–Crippen LogP) is 3.78. The van der Waals surface area contributed by atoms with Gasteiger partial charge in [0.15, 0.2) is 0 Å². The number of alkyl halides is 3. The molecule has 0 amide bonds.